The maximum atomic E-state index is 12.4. The number of carbonyl (C=O) groups is 1. The zero-order valence-corrected chi connectivity index (χ0v) is 16.5. The van der Waals surface area contributed by atoms with Crippen LogP contribution in [0.1, 0.15) is 6.92 Å². The Morgan fingerprint density at radius 3 is 2.69 bits per heavy atom. The number of nitrogens with one attached hydrogen (secondary N) is 1. The van der Waals surface area contributed by atoms with Gasteiger partial charge in [0.1, 0.15) is 5.75 Å². The number of thioether (sulfide) groups is 1. The third-order valence-electron chi connectivity index (χ3n) is 3.52. The summed E-state index contributed by atoms with van der Waals surface area (Å²) < 4.78 is 11.8. The highest BCUT2D eigenvalue weighted by molar-refractivity contribution is 9.10. The molecule has 3 rings (SSSR count). The number of amides is 1. The van der Waals surface area contributed by atoms with Crippen molar-refractivity contribution in [1.29, 1.82) is 0 Å². The van der Waals surface area contributed by atoms with Crippen LogP contribution in [0.5, 0.6) is 5.75 Å². The number of carbonyl (C=O) groups excluding carboxylic acids is 1. The number of anilines is 1. The van der Waals surface area contributed by atoms with E-state index in [4.69, 9.17) is 9.15 Å². The second kappa shape index (κ2) is 8.37. The summed E-state index contributed by atoms with van der Waals surface area (Å²) in [6.45, 7) is 1.78. The van der Waals surface area contributed by atoms with E-state index in [2.05, 4.69) is 31.4 Å². The fourth-order valence-corrected chi connectivity index (χ4v) is 3.33. The Balaban J connectivity index is 1.67. The Kier molecular flexibility index (Phi) is 5.95. The summed E-state index contributed by atoms with van der Waals surface area (Å²) >= 11 is 4.65. The zero-order chi connectivity index (χ0) is 18.5. The van der Waals surface area contributed by atoms with Gasteiger partial charge in [-0.2, -0.15) is 0 Å². The van der Waals surface area contributed by atoms with Gasteiger partial charge in [0, 0.05) is 4.47 Å². The van der Waals surface area contributed by atoms with Crippen molar-refractivity contribution in [1.82, 2.24) is 10.2 Å². The molecule has 0 unspecified atom stereocenters. The molecule has 1 N–H and O–H groups in total. The summed E-state index contributed by atoms with van der Waals surface area (Å²) in [6, 6.07) is 14.8. The predicted octanol–water partition coefficient (Wildman–Crippen LogP) is 4.63. The average Bonchev–Trinajstić information content (AvgIpc) is 3.10. The third kappa shape index (κ3) is 4.25. The van der Waals surface area contributed by atoms with Crippen LogP contribution in [0.3, 0.4) is 0 Å². The smallest absolute Gasteiger partial charge is 0.277 e. The normalized spacial score (nSPS) is 11.8. The topological polar surface area (TPSA) is 77.2 Å². The highest BCUT2D eigenvalue weighted by atomic mass is 79.9. The van der Waals surface area contributed by atoms with Crippen LogP contribution in [0.2, 0.25) is 0 Å². The summed E-state index contributed by atoms with van der Waals surface area (Å²) in [4.78, 5) is 12.4. The standard InChI is InChI=1S/C18H16BrN3O3S/c1-11(16(23)20-14-9-5-6-10-15(14)24-2)26-18-22-21-17(25-18)12-7-3-4-8-13(12)19/h3-11H,1-2H3,(H,20,23)/t11-/m0/s1. The van der Waals surface area contributed by atoms with E-state index in [-0.39, 0.29) is 5.91 Å². The number of aromatic nitrogens is 2. The van der Waals surface area contributed by atoms with E-state index in [0.29, 0.717) is 22.6 Å². The molecular formula is C18H16BrN3O3S. The summed E-state index contributed by atoms with van der Waals surface area (Å²) in [7, 11) is 1.56. The molecule has 0 aliphatic rings. The Morgan fingerprint density at radius 1 is 1.19 bits per heavy atom. The lowest BCUT2D eigenvalue weighted by molar-refractivity contribution is -0.115. The minimum atomic E-state index is -0.424. The van der Waals surface area contributed by atoms with E-state index < -0.39 is 5.25 Å². The summed E-state index contributed by atoms with van der Waals surface area (Å²) in [6.07, 6.45) is 0. The van der Waals surface area contributed by atoms with Gasteiger partial charge in [0.2, 0.25) is 11.8 Å². The van der Waals surface area contributed by atoms with Crippen molar-refractivity contribution in [3.05, 3.63) is 53.0 Å². The molecule has 0 aliphatic heterocycles. The largest absolute Gasteiger partial charge is 0.495 e. The summed E-state index contributed by atoms with van der Waals surface area (Å²) in [5, 5.41) is 10.8. The van der Waals surface area contributed by atoms with E-state index >= 15 is 0 Å². The maximum Gasteiger partial charge on any atom is 0.277 e. The molecule has 0 radical (unpaired) electrons. The Bertz CT molecular complexity index is 916. The molecule has 134 valence electrons. The molecule has 0 bridgehead atoms. The molecule has 1 amide bonds. The van der Waals surface area contributed by atoms with Crippen molar-refractivity contribution < 1.29 is 13.9 Å². The molecule has 0 saturated heterocycles. The van der Waals surface area contributed by atoms with Crippen LogP contribution >= 0.6 is 27.7 Å². The first-order valence-corrected chi connectivity index (χ1v) is 9.44. The van der Waals surface area contributed by atoms with E-state index in [1.807, 2.05) is 36.4 Å². The second-order valence-electron chi connectivity index (χ2n) is 5.30. The minimum Gasteiger partial charge on any atom is -0.495 e. The predicted molar refractivity (Wildman–Crippen MR) is 104 cm³/mol. The molecule has 0 fully saturated rings. The third-order valence-corrected chi connectivity index (χ3v) is 5.15. The highest BCUT2D eigenvalue weighted by Gasteiger charge is 2.20. The monoisotopic (exact) mass is 433 g/mol. The van der Waals surface area contributed by atoms with Gasteiger partial charge in [-0.25, -0.2) is 0 Å². The van der Waals surface area contributed by atoms with Gasteiger partial charge in [-0.05, 0) is 47.1 Å². The van der Waals surface area contributed by atoms with Crippen LogP contribution in [-0.4, -0.2) is 28.5 Å². The van der Waals surface area contributed by atoms with Gasteiger partial charge in [-0.15, -0.1) is 10.2 Å². The second-order valence-corrected chi connectivity index (χ2v) is 7.45. The first-order valence-electron chi connectivity index (χ1n) is 7.77. The average molecular weight is 434 g/mol. The minimum absolute atomic E-state index is 0.180. The van der Waals surface area contributed by atoms with Crippen LogP contribution in [-0.2, 0) is 4.79 Å². The van der Waals surface area contributed by atoms with Gasteiger partial charge in [-0.3, -0.25) is 4.79 Å². The highest BCUT2D eigenvalue weighted by Crippen LogP contribution is 2.31. The molecule has 6 nitrogen and oxygen atoms in total. The van der Waals surface area contributed by atoms with Crippen molar-refractivity contribution in [2.45, 2.75) is 17.4 Å². The van der Waals surface area contributed by atoms with E-state index in [1.165, 1.54) is 11.8 Å². The van der Waals surface area contributed by atoms with Crippen LogP contribution in [0, 0.1) is 0 Å². The van der Waals surface area contributed by atoms with Crippen molar-refractivity contribution in [3.8, 4) is 17.2 Å². The molecule has 2 aromatic carbocycles. The first kappa shape index (κ1) is 18.5. The number of methoxy groups -OCH3 is 1. The van der Waals surface area contributed by atoms with Gasteiger partial charge < -0.3 is 14.5 Å². The van der Waals surface area contributed by atoms with Crippen LogP contribution in [0.15, 0.2) is 62.6 Å². The molecule has 26 heavy (non-hydrogen) atoms. The maximum absolute atomic E-state index is 12.4. The van der Waals surface area contributed by atoms with Gasteiger partial charge in [-0.1, -0.05) is 36.0 Å². The number of rotatable bonds is 6. The van der Waals surface area contributed by atoms with Crippen molar-refractivity contribution in [2.24, 2.45) is 0 Å². The van der Waals surface area contributed by atoms with Gasteiger partial charge >= 0.3 is 0 Å². The van der Waals surface area contributed by atoms with Crippen molar-refractivity contribution in [3.63, 3.8) is 0 Å². The lowest BCUT2D eigenvalue weighted by Crippen LogP contribution is -2.22. The number of nitrogens with zero attached hydrogens (tertiary/aromatic N) is 2. The molecule has 0 spiro atoms. The fraction of sp³-hybridized carbons (Fsp3) is 0.167. The molecule has 1 heterocycles. The first-order chi connectivity index (χ1) is 12.6. The van der Waals surface area contributed by atoms with Crippen molar-refractivity contribution >= 4 is 39.3 Å². The molecule has 3 aromatic rings. The van der Waals surface area contributed by atoms with Crippen LogP contribution in [0.4, 0.5) is 5.69 Å². The lowest BCUT2D eigenvalue weighted by atomic mass is 10.2. The number of para-hydroxylation sites is 2. The Labute approximate surface area is 163 Å². The number of hydrogen-bond donors (Lipinski definition) is 1. The number of ether oxygens (including phenoxy) is 1. The lowest BCUT2D eigenvalue weighted by Gasteiger charge is -2.12. The van der Waals surface area contributed by atoms with E-state index in [9.17, 15) is 4.79 Å². The molecular weight excluding hydrogens is 418 g/mol. The quantitative estimate of drug-likeness (QED) is 0.571. The van der Waals surface area contributed by atoms with Crippen LogP contribution < -0.4 is 10.1 Å². The molecule has 1 aromatic heterocycles. The van der Waals surface area contributed by atoms with Crippen LogP contribution in [0.25, 0.3) is 11.5 Å². The number of benzene rings is 2. The van der Waals surface area contributed by atoms with E-state index in [0.717, 1.165) is 10.0 Å². The number of halogens is 1. The molecule has 0 aliphatic carbocycles. The molecule has 0 saturated carbocycles. The molecule has 1 atom stereocenters. The van der Waals surface area contributed by atoms with Gasteiger partial charge in [0.05, 0.1) is 23.6 Å². The Hall–Kier alpha value is -2.32. The molecule has 8 heteroatoms. The van der Waals surface area contributed by atoms with E-state index in [1.54, 1.807) is 26.2 Å². The van der Waals surface area contributed by atoms with Gasteiger partial charge in [0.25, 0.3) is 5.22 Å². The SMILES string of the molecule is COc1ccccc1NC(=O)[C@H](C)Sc1nnc(-c2ccccc2Br)o1. The number of hydrogen-bond acceptors (Lipinski definition) is 6. The Morgan fingerprint density at radius 2 is 1.92 bits per heavy atom. The summed E-state index contributed by atoms with van der Waals surface area (Å²) in [5.74, 6) is 0.824. The zero-order valence-electron chi connectivity index (χ0n) is 14.1. The van der Waals surface area contributed by atoms with Gasteiger partial charge in [0.15, 0.2) is 0 Å². The fourth-order valence-electron chi connectivity index (χ4n) is 2.19. The summed E-state index contributed by atoms with van der Waals surface area (Å²) in [5.41, 5.74) is 1.42. The van der Waals surface area contributed by atoms with Crippen molar-refractivity contribution in [2.75, 3.05) is 12.4 Å².